The zero-order valence-corrected chi connectivity index (χ0v) is 15.5. The Morgan fingerprint density at radius 2 is 1.67 bits per heavy atom. The van der Waals surface area contributed by atoms with Gasteiger partial charge in [-0.3, -0.25) is 9.69 Å². The van der Waals surface area contributed by atoms with Crippen LogP contribution in [0.15, 0.2) is 29.0 Å². The van der Waals surface area contributed by atoms with Gasteiger partial charge in [-0.15, -0.1) is 0 Å². The van der Waals surface area contributed by atoms with Gasteiger partial charge in [-0.05, 0) is 25.3 Å². The van der Waals surface area contributed by atoms with Crippen molar-refractivity contribution >= 4 is 12.1 Å². The van der Waals surface area contributed by atoms with Crippen molar-refractivity contribution in [2.24, 2.45) is 4.99 Å². The summed E-state index contributed by atoms with van der Waals surface area (Å²) in [6, 6.07) is 0. The van der Waals surface area contributed by atoms with Crippen LogP contribution in [0, 0.1) is 0 Å². The molecule has 0 spiro atoms. The molecule has 0 aromatic heterocycles. The topological polar surface area (TPSA) is 32.7 Å². The number of allylic oxidation sites excluding steroid dienone is 2. The number of carbonyl (C=O) groups excluding carboxylic acids is 1. The Hall–Kier alpha value is -1.38. The Labute approximate surface area is 132 Å². The van der Waals surface area contributed by atoms with Gasteiger partial charge < -0.3 is 0 Å². The Morgan fingerprint density at radius 3 is 2.00 bits per heavy atom. The fraction of sp³-hybridized carbons (Fsp3) is 0.667. The summed E-state index contributed by atoms with van der Waals surface area (Å²) in [5.41, 5.74) is 1.17. The predicted octanol–water partition coefficient (Wildman–Crippen LogP) is 5.59. The molecule has 0 unspecified atom stereocenters. The van der Waals surface area contributed by atoms with E-state index >= 15 is 0 Å². The van der Waals surface area contributed by atoms with E-state index in [1.54, 1.807) is 18.0 Å². The first-order valence-corrected chi connectivity index (χ1v) is 8.23. The van der Waals surface area contributed by atoms with Crippen LogP contribution in [0.5, 0.6) is 0 Å². The first kappa shape index (κ1) is 24.6. The average Bonchev–Trinajstić information content (AvgIpc) is 2.52. The molecule has 0 N–H and O–H groups in total. The zero-order chi connectivity index (χ0) is 17.3. The highest BCUT2D eigenvalue weighted by Crippen LogP contribution is 2.07. The van der Waals surface area contributed by atoms with E-state index in [0.29, 0.717) is 12.4 Å². The van der Waals surface area contributed by atoms with E-state index in [4.69, 9.17) is 0 Å². The largest absolute Gasteiger partial charge is 0.298 e. The maximum Gasteiger partial charge on any atom is 0.225 e. The summed E-state index contributed by atoms with van der Waals surface area (Å²) in [7, 11) is 0. The van der Waals surface area contributed by atoms with Crippen molar-refractivity contribution < 1.29 is 4.79 Å². The van der Waals surface area contributed by atoms with Crippen LogP contribution in [-0.4, -0.2) is 23.6 Å². The highest BCUT2D eigenvalue weighted by Gasteiger charge is 2.09. The van der Waals surface area contributed by atoms with Gasteiger partial charge in [0.25, 0.3) is 0 Å². The molecule has 0 rings (SSSR count). The molecule has 3 heteroatoms. The lowest BCUT2D eigenvalue weighted by Gasteiger charge is -2.19. The van der Waals surface area contributed by atoms with Gasteiger partial charge in [0.2, 0.25) is 5.91 Å². The van der Waals surface area contributed by atoms with Crippen LogP contribution in [0.1, 0.15) is 74.7 Å². The van der Waals surface area contributed by atoms with E-state index in [1.165, 1.54) is 5.57 Å². The molecule has 0 saturated heterocycles. The van der Waals surface area contributed by atoms with Gasteiger partial charge in [-0.1, -0.05) is 60.6 Å². The van der Waals surface area contributed by atoms with Crippen LogP contribution < -0.4 is 0 Å². The molecule has 0 bridgehead atoms. The molecule has 0 aliphatic heterocycles. The molecule has 0 fully saturated rings. The average molecular weight is 296 g/mol. The van der Waals surface area contributed by atoms with Crippen LogP contribution in [0.3, 0.4) is 0 Å². The van der Waals surface area contributed by atoms with Crippen molar-refractivity contribution in [3.05, 3.63) is 24.0 Å². The molecule has 21 heavy (non-hydrogen) atoms. The second-order valence-electron chi connectivity index (χ2n) is 3.96. The van der Waals surface area contributed by atoms with Crippen LogP contribution in [-0.2, 0) is 4.79 Å². The number of aliphatic imine (C=N–C) groups is 1. The molecule has 0 atom stereocenters. The zero-order valence-electron chi connectivity index (χ0n) is 15.5. The molecular weight excluding hydrogens is 260 g/mol. The number of amides is 1. The van der Waals surface area contributed by atoms with Gasteiger partial charge in [0.15, 0.2) is 0 Å². The first-order valence-electron chi connectivity index (χ1n) is 8.23. The van der Waals surface area contributed by atoms with Crippen LogP contribution in [0.2, 0.25) is 0 Å². The number of rotatable bonds is 7. The Kier molecular flexibility index (Phi) is 21.8. The summed E-state index contributed by atoms with van der Waals surface area (Å²) in [6.45, 7) is 20.2. The smallest absolute Gasteiger partial charge is 0.225 e. The Balaban J connectivity index is -0.000000739. The van der Waals surface area contributed by atoms with E-state index in [0.717, 1.165) is 19.3 Å². The van der Waals surface area contributed by atoms with Gasteiger partial charge in [-0.2, -0.15) is 0 Å². The first-order chi connectivity index (χ1) is 10.1. The molecule has 0 saturated carbocycles. The summed E-state index contributed by atoms with van der Waals surface area (Å²) in [6.07, 6.45) is 6.83. The maximum absolute atomic E-state index is 11.4. The normalized spacial score (nSPS) is 10.2. The number of carbonyl (C=O) groups is 1. The lowest BCUT2D eigenvalue weighted by Crippen LogP contribution is -2.27. The van der Waals surface area contributed by atoms with Gasteiger partial charge in [0, 0.05) is 19.7 Å². The van der Waals surface area contributed by atoms with Crippen molar-refractivity contribution in [2.75, 3.05) is 6.54 Å². The highest BCUT2D eigenvalue weighted by molar-refractivity contribution is 5.80. The second-order valence-corrected chi connectivity index (χ2v) is 3.96. The Bertz CT molecular complexity index is 317. The lowest BCUT2D eigenvalue weighted by molar-refractivity contribution is -0.127. The van der Waals surface area contributed by atoms with E-state index in [2.05, 4.69) is 18.5 Å². The van der Waals surface area contributed by atoms with Crippen LogP contribution in [0.4, 0.5) is 0 Å². The molecule has 0 radical (unpaired) electrons. The predicted molar refractivity (Wildman–Crippen MR) is 96.7 cm³/mol. The summed E-state index contributed by atoms with van der Waals surface area (Å²) in [5, 5.41) is 0. The van der Waals surface area contributed by atoms with Crippen molar-refractivity contribution in [1.82, 2.24) is 4.90 Å². The molecule has 0 aliphatic carbocycles. The van der Waals surface area contributed by atoms with Gasteiger partial charge in [0.1, 0.15) is 5.82 Å². The summed E-state index contributed by atoms with van der Waals surface area (Å²) in [4.78, 5) is 17.3. The molecule has 0 heterocycles. The van der Waals surface area contributed by atoms with E-state index in [-0.39, 0.29) is 5.91 Å². The quantitative estimate of drug-likeness (QED) is 0.564. The second kappa shape index (κ2) is 18.6. The maximum atomic E-state index is 11.4. The standard InChI is InChI=1S/C14H24N2O.2C2H6/c1-6-9-14(8-3)11-15-12(4)16(10-7-2)13(5)17;2*1-2/h8,11H,4,6-7,9-10H2,1-3,5H3;2*1-2H3/b14-8-,15-11-;;. The number of nitrogens with zero attached hydrogens (tertiary/aromatic N) is 2. The van der Waals surface area contributed by atoms with E-state index in [9.17, 15) is 4.79 Å². The summed E-state index contributed by atoms with van der Waals surface area (Å²) in [5.74, 6) is 0.515. The van der Waals surface area contributed by atoms with Gasteiger partial charge >= 0.3 is 0 Å². The number of hydrogen-bond acceptors (Lipinski definition) is 2. The fourth-order valence-electron chi connectivity index (χ4n) is 1.49. The van der Waals surface area contributed by atoms with Crippen molar-refractivity contribution in [2.45, 2.75) is 74.7 Å². The van der Waals surface area contributed by atoms with Crippen molar-refractivity contribution in [3.63, 3.8) is 0 Å². The minimum atomic E-state index is -0.00785. The lowest BCUT2D eigenvalue weighted by atomic mass is 10.1. The molecular formula is C18H36N2O. The molecule has 1 amide bonds. The van der Waals surface area contributed by atoms with E-state index in [1.807, 2.05) is 47.6 Å². The third kappa shape index (κ3) is 13.4. The van der Waals surface area contributed by atoms with Gasteiger partial charge in [0.05, 0.1) is 0 Å². The molecule has 124 valence electrons. The van der Waals surface area contributed by atoms with Crippen LogP contribution in [0.25, 0.3) is 0 Å². The third-order valence-electron chi connectivity index (χ3n) is 2.43. The monoisotopic (exact) mass is 296 g/mol. The fourth-order valence-corrected chi connectivity index (χ4v) is 1.49. The highest BCUT2D eigenvalue weighted by atomic mass is 16.2. The summed E-state index contributed by atoms with van der Waals surface area (Å²) < 4.78 is 0. The SMILES string of the molecule is C=C(/N=C\C(=C/C)CCC)N(CCC)C(C)=O.CC.CC. The molecule has 0 aromatic carbocycles. The van der Waals surface area contributed by atoms with E-state index < -0.39 is 0 Å². The van der Waals surface area contributed by atoms with Gasteiger partial charge in [-0.25, -0.2) is 4.99 Å². The third-order valence-corrected chi connectivity index (χ3v) is 2.43. The Morgan fingerprint density at radius 1 is 1.14 bits per heavy atom. The minimum absolute atomic E-state index is 0.00785. The van der Waals surface area contributed by atoms with Crippen molar-refractivity contribution in [3.8, 4) is 0 Å². The van der Waals surface area contributed by atoms with Crippen molar-refractivity contribution in [1.29, 1.82) is 0 Å². The minimum Gasteiger partial charge on any atom is -0.298 e. The molecule has 0 aliphatic rings. The number of hydrogen-bond donors (Lipinski definition) is 0. The molecule has 3 nitrogen and oxygen atoms in total. The van der Waals surface area contributed by atoms with Crippen LogP contribution >= 0.6 is 0 Å². The summed E-state index contributed by atoms with van der Waals surface area (Å²) >= 11 is 0. The molecule has 0 aromatic rings.